The van der Waals surface area contributed by atoms with E-state index in [2.05, 4.69) is 4.90 Å². The zero-order valence-electron chi connectivity index (χ0n) is 13.4. The van der Waals surface area contributed by atoms with Crippen LogP contribution < -0.4 is 0 Å². The molecule has 1 amide bonds. The molecule has 0 radical (unpaired) electrons. The maximum Gasteiger partial charge on any atom is 0.227 e. The van der Waals surface area contributed by atoms with E-state index < -0.39 is 6.10 Å². The molecule has 1 unspecified atom stereocenters. The molecule has 24 heavy (non-hydrogen) atoms. The van der Waals surface area contributed by atoms with Gasteiger partial charge < -0.3 is 10.0 Å². The number of halogens is 1. The van der Waals surface area contributed by atoms with Crippen LogP contribution in [0, 0.1) is 5.82 Å². The maximum atomic E-state index is 12.9. The number of aliphatic hydroxyl groups excluding tert-OH is 1. The lowest BCUT2D eigenvalue weighted by molar-refractivity contribution is -0.132. The minimum absolute atomic E-state index is 0.0695. The third-order valence-corrected chi connectivity index (χ3v) is 5.27. The lowest BCUT2D eigenvalue weighted by Gasteiger charge is -2.35. The topological polar surface area (TPSA) is 43.8 Å². The highest BCUT2D eigenvalue weighted by Crippen LogP contribution is 2.20. The molecule has 0 spiro atoms. The molecule has 0 bridgehead atoms. The van der Waals surface area contributed by atoms with Gasteiger partial charge in [-0.3, -0.25) is 9.69 Å². The summed E-state index contributed by atoms with van der Waals surface area (Å²) in [5.41, 5.74) is 0.831. The number of carbonyl (C=O) groups is 1. The van der Waals surface area contributed by atoms with Crippen molar-refractivity contribution in [1.82, 2.24) is 9.80 Å². The Kier molecular flexibility index (Phi) is 5.60. The van der Waals surface area contributed by atoms with E-state index in [-0.39, 0.29) is 11.7 Å². The molecule has 1 saturated heterocycles. The van der Waals surface area contributed by atoms with E-state index in [0.29, 0.717) is 26.1 Å². The molecular formula is C18H21FN2O2S. The predicted molar refractivity (Wildman–Crippen MR) is 92.4 cm³/mol. The van der Waals surface area contributed by atoms with Crippen molar-refractivity contribution in [3.8, 4) is 0 Å². The molecule has 3 rings (SSSR count). The molecule has 0 aliphatic carbocycles. The number of β-amino-alcohol motifs (C(OH)–C–C–N with tert-alkyl or cyclic N) is 1. The van der Waals surface area contributed by atoms with Gasteiger partial charge in [0.1, 0.15) is 11.9 Å². The Bertz CT molecular complexity index is 652. The first-order valence-corrected chi connectivity index (χ1v) is 8.96. The summed E-state index contributed by atoms with van der Waals surface area (Å²) >= 11 is 1.56. The minimum Gasteiger partial charge on any atom is -0.386 e. The Morgan fingerprint density at radius 3 is 2.50 bits per heavy atom. The molecule has 1 N–H and O–H groups in total. The van der Waals surface area contributed by atoms with Crippen LogP contribution in [0.2, 0.25) is 0 Å². The second-order valence-corrected chi connectivity index (χ2v) is 7.00. The van der Waals surface area contributed by atoms with Crippen LogP contribution in [-0.4, -0.2) is 53.5 Å². The number of hydrogen-bond acceptors (Lipinski definition) is 4. The molecule has 2 aromatic rings. The van der Waals surface area contributed by atoms with Gasteiger partial charge in [-0.2, -0.15) is 0 Å². The van der Waals surface area contributed by atoms with Gasteiger partial charge in [0.2, 0.25) is 5.91 Å². The van der Waals surface area contributed by atoms with E-state index in [1.54, 1.807) is 23.5 Å². The van der Waals surface area contributed by atoms with E-state index in [1.165, 1.54) is 12.1 Å². The summed E-state index contributed by atoms with van der Waals surface area (Å²) in [5.74, 6) is -0.218. The molecule has 0 saturated carbocycles. The Morgan fingerprint density at radius 2 is 1.88 bits per heavy atom. The van der Waals surface area contributed by atoms with Crippen molar-refractivity contribution >= 4 is 17.2 Å². The third-order valence-electron chi connectivity index (χ3n) is 4.30. The molecule has 6 heteroatoms. The molecule has 2 heterocycles. The van der Waals surface area contributed by atoms with Crippen LogP contribution in [0.4, 0.5) is 4.39 Å². The van der Waals surface area contributed by atoms with E-state index >= 15 is 0 Å². The standard InChI is InChI=1S/C18H21FN2O2S/c19-15-5-3-14(4-6-15)12-18(23)21-9-7-20(8-10-21)13-16(22)17-2-1-11-24-17/h1-6,11,16,22H,7-10,12-13H2. The molecule has 1 aromatic carbocycles. The fraction of sp³-hybridized carbons (Fsp3) is 0.389. The van der Waals surface area contributed by atoms with E-state index in [1.807, 2.05) is 22.4 Å². The monoisotopic (exact) mass is 348 g/mol. The van der Waals surface area contributed by atoms with Gasteiger partial charge >= 0.3 is 0 Å². The quantitative estimate of drug-likeness (QED) is 0.902. The van der Waals surface area contributed by atoms with E-state index in [4.69, 9.17) is 0 Å². The molecule has 4 nitrogen and oxygen atoms in total. The summed E-state index contributed by atoms with van der Waals surface area (Å²) in [4.78, 5) is 17.3. The van der Waals surface area contributed by atoms with Crippen LogP contribution in [0.3, 0.4) is 0 Å². The van der Waals surface area contributed by atoms with Crippen LogP contribution >= 0.6 is 11.3 Å². The zero-order valence-corrected chi connectivity index (χ0v) is 14.2. The smallest absolute Gasteiger partial charge is 0.227 e. The first-order chi connectivity index (χ1) is 11.6. The SMILES string of the molecule is O=C(Cc1ccc(F)cc1)N1CCN(CC(O)c2cccs2)CC1. The van der Waals surface area contributed by atoms with Crippen LogP contribution in [0.25, 0.3) is 0 Å². The normalized spacial score (nSPS) is 17.0. The van der Waals surface area contributed by atoms with Gasteiger partial charge in [-0.15, -0.1) is 11.3 Å². The first-order valence-electron chi connectivity index (χ1n) is 8.08. The highest BCUT2D eigenvalue weighted by atomic mass is 32.1. The number of carbonyl (C=O) groups excluding carboxylic acids is 1. The van der Waals surface area contributed by atoms with Crippen molar-refractivity contribution in [1.29, 1.82) is 0 Å². The van der Waals surface area contributed by atoms with Gasteiger partial charge in [-0.05, 0) is 29.1 Å². The molecule has 1 aromatic heterocycles. The van der Waals surface area contributed by atoms with Gasteiger partial charge in [0, 0.05) is 37.6 Å². The Hall–Kier alpha value is -1.76. The number of aliphatic hydroxyl groups is 1. The molecule has 1 atom stereocenters. The largest absolute Gasteiger partial charge is 0.386 e. The molecule has 128 valence electrons. The summed E-state index contributed by atoms with van der Waals surface area (Å²) in [6.07, 6.45) is -0.163. The van der Waals surface area contributed by atoms with Gasteiger partial charge in [-0.1, -0.05) is 18.2 Å². The van der Waals surface area contributed by atoms with Crippen LogP contribution in [0.15, 0.2) is 41.8 Å². The second kappa shape index (κ2) is 7.88. The summed E-state index contributed by atoms with van der Waals surface area (Å²) in [5, 5.41) is 12.2. The number of rotatable bonds is 5. The number of nitrogens with zero attached hydrogens (tertiary/aromatic N) is 2. The van der Waals surface area contributed by atoms with Crippen molar-refractivity contribution < 1.29 is 14.3 Å². The fourth-order valence-electron chi connectivity index (χ4n) is 2.88. The minimum atomic E-state index is -0.466. The average molecular weight is 348 g/mol. The van der Waals surface area contributed by atoms with E-state index in [9.17, 15) is 14.3 Å². The van der Waals surface area contributed by atoms with Crippen LogP contribution in [-0.2, 0) is 11.2 Å². The van der Waals surface area contributed by atoms with Gasteiger partial charge in [0.05, 0.1) is 6.42 Å². The maximum absolute atomic E-state index is 12.9. The summed E-state index contributed by atoms with van der Waals surface area (Å²) in [7, 11) is 0. The molecular weight excluding hydrogens is 327 g/mol. The summed E-state index contributed by atoms with van der Waals surface area (Å²) < 4.78 is 12.9. The lowest BCUT2D eigenvalue weighted by atomic mass is 10.1. The Morgan fingerprint density at radius 1 is 1.17 bits per heavy atom. The van der Waals surface area contributed by atoms with Gasteiger partial charge in [0.15, 0.2) is 0 Å². The van der Waals surface area contributed by atoms with Crippen molar-refractivity contribution in [2.45, 2.75) is 12.5 Å². The molecule has 1 fully saturated rings. The molecule has 1 aliphatic rings. The molecule has 1 aliphatic heterocycles. The summed E-state index contributed by atoms with van der Waals surface area (Å²) in [6, 6.07) is 9.95. The third kappa shape index (κ3) is 4.41. The Balaban J connectivity index is 1.46. The highest BCUT2D eigenvalue weighted by molar-refractivity contribution is 7.10. The van der Waals surface area contributed by atoms with Crippen LogP contribution in [0.5, 0.6) is 0 Å². The van der Waals surface area contributed by atoms with Crippen molar-refractivity contribution in [2.75, 3.05) is 32.7 Å². The first kappa shape index (κ1) is 17.1. The zero-order chi connectivity index (χ0) is 16.9. The van der Waals surface area contributed by atoms with Crippen molar-refractivity contribution in [3.63, 3.8) is 0 Å². The predicted octanol–water partition coefficient (Wildman–Crippen LogP) is 2.31. The number of amides is 1. The van der Waals surface area contributed by atoms with Gasteiger partial charge in [0.25, 0.3) is 0 Å². The van der Waals surface area contributed by atoms with Gasteiger partial charge in [-0.25, -0.2) is 4.39 Å². The van der Waals surface area contributed by atoms with E-state index in [0.717, 1.165) is 23.5 Å². The Labute approximate surface area is 145 Å². The van der Waals surface area contributed by atoms with Crippen molar-refractivity contribution in [3.05, 3.63) is 58.0 Å². The summed E-state index contributed by atoms with van der Waals surface area (Å²) in [6.45, 7) is 3.45. The number of thiophene rings is 1. The fourth-order valence-corrected chi connectivity index (χ4v) is 3.59. The lowest BCUT2D eigenvalue weighted by Crippen LogP contribution is -2.49. The number of benzene rings is 1. The average Bonchev–Trinajstić information content (AvgIpc) is 3.12. The number of piperazine rings is 1. The second-order valence-electron chi connectivity index (χ2n) is 6.02. The van der Waals surface area contributed by atoms with Crippen molar-refractivity contribution in [2.24, 2.45) is 0 Å². The number of hydrogen-bond donors (Lipinski definition) is 1. The highest BCUT2D eigenvalue weighted by Gasteiger charge is 2.23. The van der Waals surface area contributed by atoms with Crippen LogP contribution in [0.1, 0.15) is 16.5 Å².